The van der Waals surface area contributed by atoms with Gasteiger partial charge in [-0.3, -0.25) is 0 Å². The molecule has 12 heteroatoms. The highest BCUT2D eigenvalue weighted by Gasteiger charge is 2.35. The van der Waals surface area contributed by atoms with Crippen LogP contribution in [0.2, 0.25) is 0 Å². The lowest BCUT2D eigenvalue weighted by molar-refractivity contribution is -0.131. The lowest BCUT2D eigenvalue weighted by atomic mass is 10.2. The summed E-state index contributed by atoms with van der Waals surface area (Å²) in [6.07, 6.45) is 6.17. The molecule has 0 spiro atoms. The summed E-state index contributed by atoms with van der Waals surface area (Å²) >= 11 is 0. The van der Waals surface area contributed by atoms with Crippen molar-refractivity contribution < 1.29 is 27.8 Å². The van der Waals surface area contributed by atoms with Crippen molar-refractivity contribution in [3.63, 3.8) is 0 Å². The van der Waals surface area contributed by atoms with Crippen molar-refractivity contribution >= 4 is 11.8 Å². The zero-order valence-corrected chi connectivity index (χ0v) is 17.0. The van der Waals surface area contributed by atoms with Gasteiger partial charge in [-0.25, -0.2) is 14.8 Å². The number of esters is 1. The van der Waals surface area contributed by atoms with Gasteiger partial charge in [-0.2, -0.15) is 23.8 Å². The van der Waals surface area contributed by atoms with Crippen LogP contribution in [0.5, 0.6) is 5.88 Å². The maximum absolute atomic E-state index is 12.6. The molecule has 1 saturated heterocycles. The van der Waals surface area contributed by atoms with E-state index in [0.29, 0.717) is 35.9 Å². The molecule has 0 amide bonds. The van der Waals surface area contributed by atoms with Crippen LogP contribution in [0, 0.1) is 0 Å². The minimum atomic E-state index is -2.88. The monoisotopic (exact) mass is 446 g/mol. The number of ether oxygens (including phenoxy) is 3. The molecule has 0 radical (unpaired) electrons. The zero-order valence-electron chi connectivity index (χ0n) is 17.0. The fourth-order valence-corrected chi connectivity index (χ4v) is 3.46. The maximum Gasteiger partial charge on any atom is 0.345 e. The van der Waals surface area contributed by atoms with E-state index in [-0.39, 0.29) is 12.7 Å². The van der Waals surface area contributed by atoms with Crippen LogP contribution in [0.4, 0.5) is 14.6 Å². The molecule has 3 aromatic rings. The van der Waals surface area contributed by atoms with Crippen molar-refractivity contribution in [1.82, 2.24) is 25.0 Å². The first-order valence-electron chi connectivity index (χ1n) is 9.73. The van der Waals surface area contributed by atoms with E-state index in [9.17, 15) is 13.6 Å². The molecule has 4 rings (SSSR count). The first-order chi connectivity index (χ1) is 15.5. The molecule has 1 aliphatic heterocycles. The summed E-state index contributed by atoms with van der Waals surface area (Å²) in [6, 6.07) is 6.26. The molecule has 1 aliphatic rings. The van der Waals surface area contributed by atoms with Crippen LogP contribution in [0.1, 0.15) is 16.8 Å². The van der Waals surface area contributed by atoms with Crippen molar-refractivity contribution in [3.8, 4) is 11.6 Å². The number of carbonyl (C=O) groups is 1. The first kappa shape index (κ1) is 21.6. The molecule has 1 fully saturated rings. The Kier molecular flexibility index (Phi) is 6.50. The molecule has 0 aliphatic carbocycles. The molecule has 10 nitrogen and oxygen atoms in total. The Hall–Kier alpha value is -3.67. The summed E-state index contributed by atoms with van der Waals surface area (Å²) in [5.41, 5.74) is 0.966. The highest BCUT2D eigenvalue weighted by atomic mass is 19.3. The number of halogens is 2. The fourth-order valence-electron chi connectivity index (χ4n) is 3.46. The largest absolute Gasteiger partial charge is 0.472 e. The first-order valence-corrected chi connectivity index (χ1v) is 9.73. The molecule has 0 unspecified atom stereocenters. The van der Waals surface area contributed by atoms with E-state index in [2.05, 4.69) is 29.6 Å². The van der Waals surface area contributed by atoms with Crippen molar-refractivity contribution in [1.29, 1.82) is 0 Å². The normalized spacial score (nSPS) is 18.2. The predicted molar refractivity (Wildman–Crippen MR) is 107 cm³/mol. The van der Waals surface area contributed by atoms with E-state index in [1.165, 1.54) is 18.1 Å². The van der Waals surface area contributed by atoms with Crippen LogP contribution >= 0.6 is 0 Å². The number of hydrogen-bond acceptors (Lipinski definition) is 9. The number of aromatic nitrogens is 5. The Bertz CT molecular complexity index is 1020. The average Bonchev–Trinajstić information content (AvgIpc) is 3.48. The van der Waals surface area contributed by atoms with Crippen LogP contribution in [-0.2, 0) is 9.47 Å². The highest BCUT2D eigenvalue weighted by molar-refractivity contribution is 5.89. The average molecular weight is 446 g/mol. The van der Waals surface area contributed by atoms with Crippen LogP contribution in [0.3, 0.4) is 0 Å². The van der Waals surface area contributed by atoms with Gasteiger partial charge in [-0.15, -0.1) is 0 Å². The number of carbonyl (C=O) groups excluding carboxylic acids is 1. The van der Waals surface area contributed by atoms with E-state index in [4.69, 9.17) is 4.74 Å². The summed E-state index contributed by atoms with van der Waals surface area (Å²) in [4.78, 5) is 23.4. The molecular formula is C20H20F2N6O4. The molecule has 168 valence electrons. The number of hydrogen-bond donors (Lipinski definition) is 0. The van der Waals surface area contributed by atoms with Gasteiger partial charge in [0.2, 0.25) is 5.88 Å². The number of anilines is 1. The summed E-state index contributed by atoms with van der Waals surface area (Å²) in [5.74, 6) is 0.388. The second kappa shape index (κ2) is 9.64. The number of rotatable bonds is 8. The zero-order chi connectivity index (χ0) is 22.5. The lowest BCUT2D eigenvalue weighted by Crippen LogP contribution is -2.34. The van der Waals surface area contributed by atoms with Gasteiger partial charge in [-0.05, 0) is 18.2 Å². The van der Waals surface area contributed by atoms with E-state index in [0.717, 1.165) is 0 Å². The molecular weight excluding hydrogens is 426 g/mol. The summed E-state index contributed by atoms with van der Waals surface area (Å²) in [5, 5.41) is 8.07. The SMILES string of the molecule is COC(=O)c1ccc(N2C[C@@H](Oc3ccc(-n4nccn4)cn3)C[C@H]2COC(F)F)nc1. The predicted octanol–water partition coefficient (Wildman–Crippen LogP) is 2.11. The molecule has 0 saturated carbocycles. The van der Waals surface area contributed by atoms with Gasteiger partial charge < -0.3 is 19.1 Å². The third-order valence-electron chi connectivity index (χ3n) is 4.91. The van der Waals surface area contributed by atoms with Crippen molar-refractivity contribution in [3.05, 3.63) is 54.6 Å². The summed E-state index contributed by atoms with van der Waals surface area (Å²) in [7, 11) is 1.28. The standard InChI is InChI=1S/C20H20F2N6O4/c1-30-19(29)13-2-4-17(23-9-13)27-11-16(8-15(27)12-31-20(21)22)32-18-5-3-14(10-24-18)28-25-6-7-26-28/h2-7,9-10,15-16,20H,8,11-12H2,1H3/t15-,16-/m0/s1. The van der Waals surface area contributed by atoms with Crippen molar-refractivity contribution in [2.45, 2.75) is 25.2 Å². The van der Waals surface area contributed by atoms with Crippen LogP contribution in [-0.4, -0.2) is 69.9 Å². The minimum Gasteiger partial charge on any atom is -0.472 e. The lowest BCUT2D eigenvalue weighted by Gasteiger charge is -2.25. The number of pyridine rings is 2. The van der Waals surface area contributed by atoms with Crippen LogP contribution < -0.4 is 9.64 Å². The van der Waals surface area contributed by atoms with Gasteiger partial charge in [-0.1, -0.05) is 0 Å². The topological polar surface area (TPSA) is 104 Å². The Morgan fingerprint density at radius 2 is 1.97 bits per heavy atom. The quantitative estimate of drug-likeness (QED) is 0.481. The molecule has 32 heavy (non-hydrogen) atoms. The second-order valence-corrected chi connectivity index (χ2v) is 6.95. The number of alkyl halides is 2. The van der Waals surface area contributed by atoms with Crippen molar-refractivity contribution in [2.75, 3.05) is 25.2 Å². The van der Waals surface area contributed by atoms with Crippen molar-refractivity contribution in [2.24, 2.45) is 0 Å². The summed E-state index contributed by atoms with van der Waals surface area (Å²) < 4.78 is 40.5. The van der Waals surface area contributed by atoms with Crippen LogP contribution in [0.25, 0.3) is 5.69 Å². The fraction of sp³-hybridized carbons (Fsp3) is 0.350. The van der Waals surface area contributed by atoms with Gasteiger partial charge in [0, 0.05) is 18.7 Å². The van der Waals surface area contributed by atoms with Gasteiger partial charge in [0.15, 0.2) is 0 Å². The van der Waals surface area contributed by atoms with E-state index < -0.39 is 18.6 Å². The molecule has 0 N–H and O–H groups in total. The van der Waals surface area contributed by atoms with Gasteiger partial charge >= 0.3 is 12.6 Å². The molecule has 0 bridgehead atoms. The Morgan fingerprint density at radius 3 is 2.59 bits per heavy atom. The minimum absolute atomic E-state index is 0.199. The third-order valence-corrected chi connectivity index (χ3v) is 4.91. The smallest absolute Gasteiger partial charge is 0.345 e. The summed E-state index contributed by atoms with van der Waals surface area (Å²) in [6.45, 7) is -2.70. The molecule has 2 atom stereocenters. The number of methoxy groups -OCH3 is 1. The molecule has 4 heterocycles. The van der Waals surface area contributed by atoms with E-state index >= 15 is 0 Å². The second-order valence-electron chi connectivity index (χ2n) is 6.95. The molecule has 0 aromatic carbocycles. The number of nitrogens with zero attached hydrogens (tertiary/aromatic N) is 6. The van der Waals surface area contributed by atoms with Gasteiger partial charge in [0.05, 0.1) is 50.5 Å². The van der Waals surface area contributed by atoms with E-state index in [1.54, 1.807) is 42.9 Å². The van der Waals surface area contributed by atoms with Gasteiger partial charge in [0.1, 0.15) is 17.6 Å². The van der Waals surface area contributed by atoms with Crippen LogP contribution in [0.15, 0.2) is 49.1 Å². The van der Waals surface area contributed by atoms with Gasteiger partial charge in [0.25, 0.3) is 0 Å². The molecule has 3 aromatic heterocycles. The third kappa shape index (κ3) is 4.97. The van der Waals surface area contributed by atoms with E-state index in [1.807, 2.05) is 4.90 Å². The maximum atomic E-state index is 12.6. The Balaban J connectivity index is 1.46. The Labute approximate surface area is 181 Å². The highest BCUT2D eigenvalue weighted by Crippen LogP contribution is 2.27. The Morgan fingerprint density at radius 1 is 1.16 bits per heavy atom.